The smallest absolute Gasteiger partial charge is 0.790 e. The summed E-state index contributed by atoms with van der Waals surface area (Å²) in [7, 11) is -5.32. The Balaban J connectivity index is -0.00000882. The van der Waals surface area contributed by atoms with Crippen LogP contribution in [0.2, 0.25) is 0 Å². The topological polar surface area (TPSA) is 125 Å². The molecule has 0 saturated heterocycles. The van der Waals surface area contributed by atoms with E-state index < -0.39 is 39.1 Å². The molecule has 0 N–H and O–H groups in total. The molecule has 0 spiro atoms. The van der Waals surface area contributed by atoms with Gasteiger partial charge < -0.3 is 28.3 Å². The van der Waals surface area contributed by atoms with Crippen molar-refractivity contribution in [1.29, 1.82) is 0 Å². The zero-order chi connectivity index (χ0) is 31.9. The molecule has 8 nitrogen and oxygen atoms in total. The predicted molar refractivity (Wildman–Crippen MR) is 160 cm³/mol. The van der Waals surface area contributed by atoms with E-state index in [0.29, 0.717) is 6.42 Å². The quantitative estimate of drug-likeness (QED) is 0.0352. The second kappa shape index (κ2) is 34.8. The molecule has 0 heterocycles. The van der Waals surface area contributed by atoms with Gasteiger partial charge in [-0.3, -0.25) is 4.79 Å². The van der Waals surface area contributed by atoms with Gasteiger partial charge >= 0.3 is 71.1 Å². The van der Waals surface area contributed by atoms with E-state index in [-0.39, 0.29) is 65.5 Å². The van der Waals surface area contributed by atoms with Crippen molar-refractivity contribution < 1.29 is 97.1 Å². The number of hydrogen-bond donors (Lipinski definition) is 0. The van der Waals surface area contributed by atoms with Crippen LogP contribution in [0.5, 0.6) is 0 Å². The average Bonchev–Trinajstić information content (AvgIpc) is 2.97. The van der Waals surface area contributed by atoms with Gasteiger partial charge in [-0.05, 0) is 77.5 Å². The first-order valence-electron chi connectivity index (χ1n) is 14.3. The van der Waals surface area contributed by atoms with Crippen LogP contribution in [0.15, 0.2) is 0 Å². The van der Waals surface area contributed by atoms with E-state index in [1.165, 1.54) is 57.8 Å². The Hall–Kier alpha value is -2.03. The molecule has 0 saturated carbocycles. The van der Waals surface area contributed by atoms with Crippen molar-refractivity contribution in [2.45, 2.75) is 103 Å². The third-order valence-corrected chi connectivity index (χ3v) is 5.93. The SMILES string of the molecule is C#CC#CC#CC#CC#CC#CC#CC(=O)OC[C@H](COP(=O)([O-])[O-])OC(=O)CCCCCCCCCCCCCCC.[Na+].[Na+]. The van der Waals surface area contributed by atoms with Crippen LogP contribution in [0, 0.1) is 83.4 Å². The molecule has 0 aromatic heterocycles. The van der Waals surface area contributed by atoms with Crippen LogP contribution in [-0.2, 0) is 28.2 Å². The maximum atomic E-state index is 12.2. The van der Waals surface area contributed by atoms with Crippen molar-refractivity contribution >= 4 is 19.8 Å². The second-order valence-corrected chi connectivity index (χ2v) is 10.2. The monoisotopic (exact) mass is 650 g/mol. The second-order valence-electron chi connectivity index (χ2n) is 9.09. The number of carbonyl (C=O) groups excluding carboxylic acids is 2. The molecule has 0 aliphatic heterocycles. The van der Waals surface area contributed by atoms with Crippen LogP contribution in [0.25, 0.3) is 0 Å². The summed E-state index contributed by atoms with van der Waals surface area (Å²) in [5.41, 5.74) is 0. The number of rotatable bonds is 20. The Morgan fingerprint density at radius 1 is 0.667 bits per heavy atom. The summed E-state index contributed by atoms with van der Waals surface area (Å²) in [4.78, 5) is 45.7. The molecule has 228 valence electrons. The standard InChI is InChI=1S/C34H39O8P.2Na/c1-3-5-7-9-11-13-15-17-19-21-23-25-27-29-34(36)42-32(31-41-43(37,38)39)30-40-33(35)28-26-24-22-20-18-16-14-12-10-8-6-4-2;;/h2,32H,3,5,7,9,11,13,15,17,19,21,23,25,27,29-31H2,1H3,(H2,37,38,39);;/q;2*+1/p-2/t32-;;/m1../s1. The Labute approximate surface area is 313 Å². The summed E-state index contributed by atoms with van der Waals surface area (Å²) in [5.74, 6) is 28.4. The van der Waals surface area contributed by atoms with Crippen molar-refractivity contribution in [3.8, 4) is 83.4 Å². The number of unbranched alkanes of at least 4 members (excludes halogenated alkanes) is 12. The van der Waals surface area contributed by atoms with Crippen LogP contribution in [0.1, 0.15) is 96.8 Å². The largest absolute Gasteiger partial charge is 1.00 e. The van der Waals surface area contributed by atoms with Crippen LogP contribution in [-0.4, -0.2) is 31.3 Å². The number of ether oxygens (including phenoxy) is 2. The predicted octanol–water partition coefficient (Wildman–Crippen LogP) is -2.57. The molecule has 0 fully saturated rings. The minimum Gasteiger partial charge on any atom is -0.790 e. The van der Waals surface area contributed by atoms with E-state index >= 15 is 0 Å². The molecule has 0 aromatic rings. The van der Waals surface area contributed by atoms with E-state index in [9.17, 15) is 23.9 Å². The minimum absolute atomic E-state index is 0. The molecule has 0 radical (unpaired) electrons. The summed E-state index contributed by atoms with van der Waals surface area (Å²) < 4.78 is 25.0. The van der Waals surface area contributed by atoms with Crippen molar-refractivity contribution in [2.75, 3.05) is 13.2 Å². The molecule has 1 atom stereocenters. The number of phosphoric ester groups is 1. The maximum Gasteiger partial charge on any atom is 1.00 e. The fourth-order valence-electron chi connectivity index (χ4n) is 3.43. The number of esters is 2. The molecule has 0 rings (SSSR count). The van der Waals surface area contributed by atoms with Crippen LogP contribution in [0.4, 0.5) is 0 Å². The first-order valence-corrected chi connectivity index (χ1v) is 15.7. The summed E-state index contributed by atoms with van der Waals surface area (Å²) >= 11 is 0. The van der Waals surface area contributed by atoms with E-state index in [4.69, 9.17) is 15.9 Å². The first-order chi connectivity index (χ1) is 20.8. The number of hydrogen-bond acceptors (Lipinski definition) is 8. The molecule has 45 heavy (non-hydrogen) atoms. The van der Waals surface area contributed by atoms with Crippen LogP contribution >= 0.6 is 7.82 Å². The Kier molecular flexibility index (Phi) is 36.7. The number of phosphoric acid groups is 1. The molecule has 0 aliphatic carbocycles. The maximum absolute atomic E-state index is 12.2. The summed E-state index contributed by atoms with van der Waals surface area (Å²) in [5, 5.41) is 0. The first kappa shape index (κ1) is 47.4. The third-order valence-electron chi connectivity index (χ3n) is 5.46. The van der Waals surface area contributed by atoms with Gasteiger partial charge in [0.1, 0.15) is 6.61 Å². The van der Waals surface area contributed by atoms with Gasteiger partial charge in [-0.2, -0.15) is 0 Å². The van der Waals surface area contributed by atoms with Gasteiger partial charge in [0.15, 0.2) is 6.10 Å². The van der Waals surface area contributed by atoms with Gasteiger partial charge in [-0.25, -0.2) is 4.79 Å². The minimum atomic E-state index is -5.32. The van der Waals surface area contributed by atoms with Crippen molar-refractivity contribution in [1.82, 2.24) is 0 Å². The molecule has 0 bridgehead atoms. The third kappa shape index (κ3) is 38.1. The molecule has 0 amide bonds. The fourth-order valence-corrected chi connectivity index (χ4v) is 3.78. The summed E-state index contributed by atoms with van der Waals surface area (Å²) in [6.45, 7) is 0.871. The molecular formula is C34H37Na2O8P. The normalized spacial score (nSPS) is 9.47. The average molecular weight is 651 g/mol. The van der Waals surface area contributed by atoms with Gasteiger partial charge in [0.05, 0.1) is 14.4 Å². The van der Waals surface area contributed by atoms with Gasteiger partial charge in [-0.15, -0.1) is 6.42 Å². The molecule has 11 heteroatoms. The van der Waals surface area contributed by atoms with Gasteiger partial charge in [-0.1, -0.05) is 84.0 Å². The van der Waals surface area contributed by atoms with E-state index in [1.807, 2.05) is 0 Å². The zero-order valence-electron chi connectivity index (χ0n) is 26.7. The van der Waals surface area contributed by atoms with Crippen molar-refractivity contribution in [2.24, 2.45) is 0 Å². The Morgan fingerprint density at radius 2 is 1.09 bits per heavy atom. The van der Waals surface area contributed by atoms with Crippen molar-refractivity contribution in [3.63, 3.8) is 0 Å². The van der Waals surface area contributed by atoms with Crippen molar-refractivity contribution in [3.05, 3.63) is 0 Å². The molecular weight excluding hydrogens is 613 g/mol. The van der Waals surface area contributed by atoms with Gasteiger partial charge in [0, 0.05) is 12.3 Å². The molecule has 0 aromatic carbocycles. The van der Waals surface area contributed by atoms with Crippen LogP contribution < -0.4 is 68.9 Å². The van der Waals surface area contributed by atoms with Gasteiger partial charge in [0.25, 0.3) is 0 Å². The van der Waals surface area contributed by atoms with Gasteiger partial charge in [0.2, 0.25) is 0 Å². The van der Waals surface area contributed by atoms with Crippen LogP contribution in [0.3, 0.4) is 0 Å². The van der Waals surface area contributed by atoms with E-state index in [1.54, 1.807) is 0 Å². The fraction of sp³-hybridized carbons (Fsp3) is 0.529. The van der Waals surface area contributed by atoms with E-state index in [2.05, 4.69) is 88.4 Å². The molecule has 0 unspecified atom stereocenters. The van der Waals surface area contributed by atoms with E-state index in [0.717, 1.165) is 19.3 Å². The Bertz CT molecular complexity index is 1330. The number of terminal acetylenes is 1. The number of carbonyl (C=O) groups is 2. The summed E-state index contributed by atoms with van der Waals surface area (Å²) in [6, 6.07) is 0. The molecule has 0 aliphatic rings. The summed E-state index contributed by atoms with van der Waals surface area (Å²) in [6.07, 6.45) is 18.8. The zero-order valence-corrected chi connectivity index (χ0v) is 31.6. The Morgan fingerprint density at radius 3 is 1.53 bits per heavy atom.